The summed E-state index contributed by atoms with van der Waals surface area (Å²) in [5, 5.41) is 16.4. The first-order chi connectivity index (χ1) is 8.97. The molecule has 0 radical (unpaired) electrons. The van der Waals surface area contributed by atoms with Crippen LogP contribution >= 0.6 is 39.9 Å². The molecule has 1 heterocycles. The molecule has 0 spiro atoms. The summed E-state index contributed by atoms with van der Waals surface area (Å²) >= 11 is 9.11. The molecule has 1 fully saturated rings. The maximum Gasteiger partial charge on any atom is 0.227 e. The van der Waals surface area contributed by atoms with Crippen LogP contribution in [0.5, 0.6) is 5.75 Å². The fraction of sp³-hybridized carbons (Fsp3) is 0.462. The molecule has 0 unspecified atom stereocenters. The van der Waals surface area contributed by atoms with Crippen molar-refractivity contribution in [3.05, 3.63) is 21.6 Å². The lowest BCUT2D eigenvalue weighted by Crippen LogP contribution is -2.40. The molecule has 0 bridgehead atoms. The highest BCUT2D eigenvalue weighted by atomic mass is 79.9. The van der Waals surface area contributed by atoms with Crippen LogP contribution in [-0.4, -0.2) is 23.6 Å². The van der Waals surface area contributed by atoms with Crippen molar-refractivity contribution in [2.45, 2.75) is 25.8 Å². The van der Waals surface area contributed by atoms with Gasteiger partial charge in [0.05, 0.1) is 10.2 Å². The molecule has 0 aromatic heterocycles. The van der Waals surface area contributed by atoms with Gasteiger partial charge in [-0.25, -0.2) is 0 Å². The zero-order valence-electron chi connectivity index (χ0n) is 11.0. The van der Waals surface area contributed by atoms with Gasteiger partial charge in [0.15, 0.2) is 5.75 Å². The van der Waals surface area contributed by atoms with Gasteiger partial charge in [0.25, 0.3) is 0 Å². The van der Waals surface area contributed by atoms with Crippen molar-refractivity contribution in [2.75, 3.05) is 11.9 Å². The van der Waals surface area contributed by atoms with E-state index < -0.39 is 0 Å². The standard InChI is InChI=1S/C13H16BrClN2O2.ClH/c1-7-4-8(2-3-16-7)13(19)17-11-6-9(15)5-10(14)12(11)18;/h5-8,16,18H,2-4H2,1H3,(H,17,19);1H/t7-,8-;/m0./s1. The first-order valence-electron chi connectivity index (χ1n) is 6.19. The summed E-state index contributed by atoms with van der Waals surface area (Å²) in [5.74, 6) is -0.106. The summed E-state index contributed by atoms with van der Waals surface area (Å²) in [4.78, 5) is 12.2. The molecule has 20 heavy (non-hydrogen) atoms. The lowest BCUT2D eigenvalue weighted by atomic mass is 9.92. The number of hydrogen-bond acceptors (Lipinski definition) is 3. The van der Waals surface area contributed by atoms with Crippen LogP contribution in [0, 0.1) is 5.92 Å². The molecule has 7 heteroatoms. The number of carbonyl (C=O) groups is 1. The van der Waals surface area contributed by atoms with Gasteiger partial charge in [-0.2, -0.15) is 0 Å². The number of hydrogen-bond donors (Lipinski definition) is 3. The van der Waals surface area contributed by atoms with Crippen LogP contribution in [0.1, 0.15) is 19.8 Å². The molecule has 1 aromatic carbocycles. The van der Waals surface area contributed by atoms with Crippen LogP contribution in [0.4, 0.5) is 5.69 Å². The lowest BCUT2D eigenvalue weighted by molar-refractivity contribution is -0.120. The highest BCUT2D eigenvalue weighted by molar-refractivity contribution is 9.10. The van der Waals surface area contributed by atoms with Crippen LogP contribution in [0.25, 0.3) is 0 Å². The van der Waals surface area contributed by atoms with E-state index >= 15 is 0 Å². The molecular weight excluding hydrogens is 367 g/mol. The van der Waals surface area contributed by atoms with Gasteiger partial charge in [0.2, 0.25) is 5.91 Å². The number of carbonyl (C=O) groups excluding carboxylic acids is 1. The van der Waals surface area contributed by atoms with E-state index in [-0.39, 0.29) is 30.0 Å². The second-order valence-electron chi connectivity index (χ2n) is 4.85. The summed E-state index contributed by atoms with van der Waals surface area (Å²) in [6.07, 6.45) is 1.60. The lowest BCUT2D eigenvalue weighted by Gasteiger charge is -2.27. The molecule has 112 valence electrons. The fourth-order valence-electron chi connectivity index (χ4n) is 2.27. The maximum atomic E-state index is 12.2. The van der Waals surface area contributed by atoms with Crippen molar-refractivity contribution < 1.29 is 9.90 Å². The number of halogens is 3. The molecule has 0 saturated carbocycles. The third-order valence-electron chi connectivity index (χ3n) is 3.28. The zero-order chi connectivity index (χ0) is 14.0. The number of aromatic hydroxyl groups is 1. The minimum Gasteiger partial charge on any atom is -0.505 e. The van der Waals surface area contributed by atoms with Gasteiger partial charge < -0.3 is 15.7 Å². The minimum absolute atomic E-state index is 0. The van der Waals surface area contributed by atoms with E-state index in [4.69, 9.17) is 11.6 Å². The predicted octanol–water partition coefficient (Wildman–Crippen LogP) is 3.56. The predicted molar refractivity (Wildman–Crippen MR) is 86.9 cm³/mol. The number of nitrogens with one attached hydrogen (secondary N) is 2. The minimum atomic E-state index is -0.0715. The van der Waals surface area contributed by atoms with Gasteiger partial charge in [0, 0.05) is 17.0 Å². The first-order valence-corrected chi connectivity index (χ1v) is 7.36. The number of piperidine rings is 1. The molecule has 2 rings (SSSR count). The van der Waals surface area contributed by atoms with E-state index in [1.165, 1.54) is 0 Å². The largest absolute Gasteiger partial charge is 0.505 e. The number of phenols is 1. The second-order valence-corrected chi connectivity index (χ2v) is 6.14. The number of anilines is 1. The Kier molecular flexibility index (Phi) is 6.58. The van der Waals surface area contributed by atoms with Crippen LogP contribution in [-0.2, 0) is 4.79 Å². The summed E-state index contributed by atoms with van der Waals surface area (Å²) in [6.45, 7) is 2.90. The Morgan fingerprint density at radius 1 is 1.55 bits per heavy atom. The van der Waals surface area contributed by atoms with Crippen molar-refractivity contribution in [2.24, 2.45) is 5.92 Å². The van der Waals surface area contributed by atoms with E-state index in [1.807, 2.05) is 0 Å². The summed E-state index contributed by atoms with van der Waals surface area (Å²) < 4.78 is 0.467. The molecule has 0 aliphatic carbocycles. The van der Waals surface area contributed by atoms with Gasteiger partial charge >= 0.3 is 0 Å². The van der Waals surface area contributed by atoms with Gasteiger partial charge in [-0.1, -0.05) is 11.6 Å². The van der Waals surface area contributed by atoms with E-state index in [9.17, 15) is 9.90 Å². The number of amides is 1. The van der Waals surface area contributed by atoms with E-state index in [0.29, 0.717) is 21.2 Å². The Morgan fingerprint density at radius 2 is 2.25 bits per heavy atom. The van der Waals surface area contributed by atoms with Crippen molar-refractivity contribution >= 4 is 51.5 Å². The van der Waals surface area contributed by atoms with Gasteiger partial charge in [0.1, 0.15) is 0 Å². The third kappa shape index (κ3) is 4.25. The molecule has 2 atom stereocenters. The van der Waals surface area contributed by atoms with Crippen LogP contribution < -0.4 is 10.6 Å². The molecule has 3 N–H and O–H groups in total. The number of rotatable bonds is 2. The summed E-state index contributed by atoms with van der Waals surface area (Å²) in [5.41, 5.74) is 0.343. The van der Waals surface area contributed by atoms with E-state index in [1.54, 1.807) is 12.1 Å². The topological polar surface area (TPSA) is 61.4 Å². The molecule has 1 amide bonds. The van der Waals surface area contributed by atoms with Gasteiger partial charge in [-0.05, 0) is 54.4 Å². The molecule has 4 nitrogen and oxygen atoms in total. The summed E-state index contributed by atoms with van der Waals surface area (Å²) in [7, 11) is 0. The fourth-order valence-corrected chi connectivity index (χ4v) is 3.08. The van der Waals surface area contributed by atoms with Crippen molar-refractivity contribution in [3.8, 4) is 5.75 Å². The quantitative estimate of drug-likeness (QED) is 0.684. The smallest absolute Gasteiger partial charge is 0.227 e. The van der Waals surface area contributed by atoms with E-state index in [2.05, 4.69) is 33.5 Å². The zero-order valence-corrected chi connectivity index (χ0v) is 14.1. The number of benzene rings is 1. The molecule has 1 aliphatic rings. The van der Waals surface area contributed by atoms with Crippen molar-refractivity contribution in [1.82, 2.24) is 5.32 Å². The van der Waals surface area contributed by atoms with Gasteiger partial charge in [-0.15, -0.1) is 12.4 Å². The Balaban J connectivity index is 0.00000200. The average molecular weight is 384 g/mol. The van der Waals surface area contributed by atoms with Crippen molar-refractivity contribution in [3.63, 3.8) is 0 Å². The summed E-state index contributed by atoms with van der Waals surface area (Å²) in [6, 6.07) is 3.47. The highest BCUT2D eigenvalue weighted by Crippen LogP contribution is 2.35. The molecular formula is C13H17BrCl2N2O2. The first kappa shape index (κ1) is 17.6. The van der Waals surface area contributed by atoms with E-state index in [0.717, 1.165) is 19.4 Å². The monoisotopic (exact) mass is 382 g/mol. The molecule has 1 aliphatic heterocycles. The third-order valence-corrected chi connectivity index (χ3v) is 4.10. The Morgan fingerprint density at radius 3 is 2.90 bits per heavy atom. The number of phenolic OH excluding ortho intramolecular Hbond substituents is 1. The normalized spacial score (nSPS) is 21.9. The Labute approximate surface area is 137 Å². The van der Waals surface area contributed by atoms with Crippen LogP contribution in [0.15, 0.2) is 16.6 Å². The van der Waals surface area contributed by atoms with Gasteiger partial charge in [-0.3, -0.25) is 4.79 Å². The Bertz CT molecular complexity index is 500. The van der Waals surface area contributed by atoms with Crippen molar-refractivity contribution in [1.29, 1.82) is 0 Å². The maximum absolute atomic E-state index is 12.2. The molecule has 1 saturated heterocycles. The average Bonchev–Trinajstić information content (AvgIpc) is 2.35. The SMILES string of the molecule is C[C@H]1C[C@@H](C(=O)Nc2cc(Cl)cc(Br)c2O)CCN1.Cl. The Hall–Kier alpha value is -0.490. The van der Waals surface area contributed by atoms with Crippen LogP contribution in [0.2, 0.25) is 5.02 Å². The van der Waals surface area contributed by atoms with Crippen LogP contribution in [0.3, 0.4) is 0 Å². The highest BCUT2D eigenvalue weighted by Gasteiger charge is 2.25. The molecule has 1 aromatic rings. The second kappa shape index (κ2) is 7.50.